The molecule has 0 aromatic heterocycles. The number of carboxylic acids is 1. The number of carbonyl (C=O) groups is 5. The number of carbonyl (C=O) groups excluding carboxylic acids is 4. The number of carboxylic acid groups (broad SMARTS) is 1. The molecule has 1 fully saturated rings. The normalized spacial score (nSPS) is 17.2. The molecule has 3 atom stereocenters. The van der Waals surface area contributed by atoms with Gasteiger partial charge in [0.1, 0.15) is 31.3 Å². The van der Waals surface area contributed by atoms with Gasteiger partial charge in [0.15, 0.2) is 0 Å². The highest BCUT2D eigenvalue weighted by Crippen LogP contribution is 2.06. The van der Waals surface area contributed by atoms with Crippen LogP contribution in [0.3, 0.4) is 0 Å². The van der Waals surface area contributed by atoms with E-state index >= 15 is 0 Å². The zero-order valence-corrected chi connectivity index (χ0v) is 15.7. The van der Waals surface area contributed by atoms with Crippen LogP contribution in [0.5, 0.6) is 0 Å². The highest BCUT2D eigenvalue weighted by molar-refractivity contribution is 5.89. The summed E-state index contributed by atoms with van der Waals surface area (Å²) in [6.07, 6.45) is 1.67. The Morgan fingerprint density at radius 2 is 1.55 bits per heavy atom. The van der Waals surface area contributed by atoms with Crippen molar-refractivity contribution in [3.63, 3.8) is 0 Å². The lowest BCUT2D eigenvalue weighted by molar-refractivity contribution is -0.161. The van der Waals surface area contributed by atoms with E-state index in [-0.39, 0.29) is 19.2 Å². The fourth-order valence-electron chi connectivity index (χ4n) is 1.77. The molecule has 1 saturated heterocycles. The van der Waals surface area contributed by atoms with E-state index in [2.05, 4.69) is 14.8 Å². The number of aliphatic carboxylic acids is 1. The maximum absolute atomic E-state index is 11.2. The molecule has 0 aromatic carbocycles. The monoisotopic (exact) mass is 421 g/mol. The van der Waals surface area contributed by atoms with Gasteiger partial charge in [0.05, 0.1) is 13.1 Å². The SMILES string of the molecule is NCC(=O)OC[C@H](N)C(=O)OC(=O)CN.N[C@@H](COC(=O)[C@@H]1CCCN1)C(=O)O. The van der Waals surface area contributed by atoms with Gasteiger partial charge >= 0.3 is 29.8 Å². The van der Waals surface area contributed by atoms with Crippen LogP contribution in [0.15, 0.2) is 0 Å². The van der Waals surface area contributed by atoms with Crippen molar-refractivity contribution in [2.24, 2.45) is 22.9 Å². The summed E-state index contributed by atoms with van der Waals surface area (Å²) in [7, 11) is 0. The van der Waals surface area contributed by atoms with E-state index in [1.807, 2.05) is 0 Å². The lowest BCUT2D eigenvalue weighted by atomic mass is 10.2. The summed E-state index contributed by atoms with van der Waals surface area (Å²) in [5.41, 5.74) is 20.2. The molecular formula is C15H27N5O9. The number of hydrogen-bond donors (Lipinski definition) is 6. The zero-order chi connectivity index (χ0) is 22.4. The highest BCUT2D eigenvalue weighted by Gasteiger charge is 2.24. The second kappa shape index (κ2) is 14.4. The Morgan fingerprint density at radius 1 is 0.966 bits per heavy atom. The second-order valence-electron chi connectivity index (χ2n) is 5.71. The Bertz CT molecular complexity index is 581. The predicted molar refractivity (Wildman–Crippen MR) is 95.7 cm³/mol. The van der Waals surface area contributed by atoms with Crippen LogP contribution in [0.2, 0.25) is 0 Å². The summed E-state index contributed by atoms with van der Waals surface area (Å²) in [4.78, 5) is 53.7. The van der Waals surface area contributed by atoms with Gasteiger partial charge in [-0.05, 0) is 19.4 Å². The number of rotatable bonds is 9. The van der Waals surface area contributed by atoms with Crippen molar-refractivity contribution >= 4 is 29.8 Å². The van der Waals surface area contributed by atoms with Gasteiger partial charge in [-0.3, -0.25) is 19.2 Å². The van der Waals surface area contributed by atoms with E-state index in [9.17, 15) is 24.0 Å². The van der Waals surface area contributed by atoms with Gasteiger partial charge < -0.3 is 47.6 Å². The lowest BCUT2D eigenvalue weighted by Gasteiger charge is -2.11. The average molecular weight is 421 g/mol. The van der Waals surface area contributed by atoms with Gasteiger partial charge in [-0.15, -0.1) is 0 Å². The smallest absolute Gasteiger partial charge is 0.334 e. The van der Waals surface area contributed by atoms with Crippen LogP contribution >= 0.6 is 0 Å². The molecule has 0 aliphatic carbocycles. The van der Waals surface area contributed by atoms with Crippen LogP contribution in [0.25, 0.3) is 0 Å². The van der Waals surface area contributed by atoms with E-state index in [1.54, 1.807) is 0 Å². The Hall–Kier alpha value is -2.65. The second-order valence-corrected chi connectivity index (χ2v) is 5.71. The van der Waals surface area contributed by atoms with E-state index < -0.39 is 55.1 Å². The largest absolute Gasteiger partial charge is 0.480 e. The summed E-state index contributed by atoms with van der Waals surface area (Å²) < 4.78 is 13.4. The minimum Gasteiger partial charge on any atom is -0.480 e. The summed E-state index contributed by atoms with van der Waals surface area (Å²) in [5.74, 6) is -4.20. The van der Waals surface area contributed by atoms with Gasteiger partial charge in [0.2, 0.25) is 0 Å². The first kappa shape index (κ1) is 26.4. The third kappa shape index (κ3) is 11.7. The number of nitrogens with one attached hydrogen (secondary N) is 1. The van der Waals surface area contributed by atoms with E-state index in [0.717, 1.165) is 19.4 Å². The Kier molecular flexibility index (Phi) is 13.0. The number of ether oxygens (including phenoxy) is 3. The molecular weight excluding hydrogens is 394 g/mol. The van der Waals surface area contributed by atoms with Crippen LogP contribution in [0.4, 0.5) is 0 Å². The van der Waals surface area contributed by atoms with Gasteiger partial charge in [-0.1, -0.05) is 0 Å². The Balaban J connectivity index is 0.000000541. The van der Waals surface area contributed by atoms with Crippen molar-refractivity contribution < 1.29 is 43.3 Å². The summed E-state index contributed by atoms with van der Waals surface area (Å²) >= 11 is 0. The molecule has 166 valence electrons. The van der Waals surface area contributed by atoms with Crippen molar-refractivity contribution in [3.05, 3.63) is 0 Å². The molecule has 1 rings (SSSR count). The standard InChI is InChI=1S/C8H14N2O4.C7H13N3O5/c9-5(7(11)12)4-14-8(13)6-2-1-3-10-6;8-1-5(11)14-3-4(10)7(13)15-6(12)2-9/h5-6,10H,1-4,9H2,(H,11,12);4H,1-3,8-10H2/t5-,6-;4-/m00/s1. The number of hydrogen-bond acceptors (Lipinski definition) is 13. The molecule has 10 N–H and O–H groups in total. The first-order valence-corrected chi connectivity index (χ1v) is 8.56. The molecule has 14 nitrogen and oxygen atoms in total. The Labute approximate surface area is 166 Å². The zero-order valence-electron chi connectivity index (χ0n) is 15.7. The van der Waals surface area contributed by atoms with Gasteiger partial charge in [-0.25, -0.2) is 4.79 Å². The number of esters is 4. The molecule has 0 spiro atoms. The van der Waals surface area contributed by atoms with Crippen molar-refractivity contribution in [1.82, 2.24) is 5.32 Å². The minimum atomic E-state index is -1.23. The number of nitrogens with two attached hydrogens (primary N) is 4. The molecule has 1 aliphatic heterocycles. The third-order valence-corrected chi connectivity index (χ3v) is 3.34. The van der Waals surface area contributed by atoms with Gasteiger partial charge in [0, 0.05) is 0 Å². The van der Waals surface area contributed by atoms with Crippen LogP contribution < -0.4 is 28.3 Å². The first-order valence-electron chi connectivity index (χ1n) is 8.56. The van der Waals surface area contributed by atoms with Gasteiger partial charge in [-0.2, -0.15) is 0 Å². The molecule has 14 heteroatoms. The van der Waals surface area contributed by atoms with Crippen molar-refractivity contribution in [1.29, 1.82) is 0 Å². The molecule has 1 heterocycles. The average Bonchev–Trinajstić information content (AvgIpc) is 3.24. The van der Waals surface area contributed by atoms with E-state index in [0.29, 0.717) is 0 Å². The van der Waals surface area contributed by atoms with Crippen molar-refractivity contribution in [2.75, 3.05) is 32.8 Å². The van der Waals surface area contributed by atoms with Crippen LogP contribution in [0.1, 0.15) is 12.8 Å². The van der Waals surface area contributed by atoms with E-state index in [4.69, 9.17) is 32.8 Å². The highest BCUT2D eigenvalue weighted by atomic mass is 16.6. The van der Waals surface area contributed by atoms with Gasteiger partial charge in [0.25, 0.3) is 0 Å². The quantitative estimate of drug-likeness (QED) is 0.117. The summed E-state index contributed by atoms with van der Waals surface area (Å²) in [6, 6.07) is -2.66. The van der Waals surface area contributed by atoms with Crippen LogP contribution in [-0.4, -0.2) is 85.9 Å². The summed E-state index contributed by atoms with van der Waals surface area (Å²) in [6.45, 7) is -0.617. The lowest BCUT2D eigenvalue weighted by Crippen LogP contribution is -2.40. The maximum atomic E-state index is 11.2. The molecule has 0 saturated carbocycles. The molecule has 0 bridgehead atoms. The van der Waals surface area contributed by atoms with Crippen molar-refractivity contribution in [3.8, 4) is 0 Å². The molecule has 0 amide bonds. The van der Waals surface area contributed by atoms with E-state index in [1.165, 1.54) is 0 Å². The first-order chi connectivity index (χ1) is 13.6. The fraction of sp³-hybridized carbons (Fsp3) is 0.667. The predicted octanol–water partition coefficient (Wildman–Crippen LogP) is -4.46. The summed E-state index contributed by atoms with van der Waals surface area (Å²) in [5, 5.41) is 11.4. The molecule has 29 heavy (non-hydrogen) atoms. The van der Waals surface area contributed by atoms with Crippen LogP contribution in [0, 0.1) is 0 Å². The third-order valence-electron chi connectivity index (χ3n) is 3.34. The maximum Gasteiger partial charge on any atom is 0.334 e. The Morgan fingerprint density at radius 3 is 2.03 bits per heavy atom. The minimum absolute atomic E-state index is 0.271. The molecule has 0 radical (unpaired) electrons. The molecule has 0 unspecified atom stereocenters. The topological polar surface area (TPSA) is 249 Å². The molecule has 0 aromatic rings. The fourth-order valence-corrected chi connectivity index (χ4v) is 1.77. The van der Waals surface area contributed by atoms with Crippen LogP contribution in [-0.2, 0) is 38.2 Å². The molecule has 1 aliphatic rings. The van der Waals surface area contributed by atoms with Crippen molar-refractivity contribution in [2.45, 2.75) is 31.0 Å².